The van der Waals surface area contributed by atoms with E-state index in [1.165, 1.54) is 18.4 Å². The monoisotopic (exact) mass is 284 g/mol. The molecule has 2 aromatic rings. The average molecular weight is 284 g/mol. The largest absolute Gasteiger partial charge is 0.330 e. The maximum absolute atomic E-state index is 6.02. The van der Waals surface area contributed by atoms with Crippen molar-refractivity contribution in [3.05, 3.63) is 54.1 Å². The molecule has 0 amide bonds. The van der Waals surface area contributed by atoms with E-state index in [4.69, 9.17) is 5.73 Å². The highest BCUT2D eigenvalue weighted by Crippen LogP contribution is 2.26. The van der Waals surface area contributed by atoms with E-state index in [1.807, 2.05) is 19.4 Å². The minimum atomic E-state index is 0.0508. The number of rotatable bonds is 4. The molecule has 4 heteroatoms. The van der Waals surface area contributed by atoms with Crippen molar-refractivity contribution in [2.45, 2.75) is 38.4 Å². The minimum absolute atomic E-state index is 0.0508. The van der Waals surface area contributed by atoms with Crippen LogP contribution in [0.2, 0.25) is 0 Å². The van der Waals surface area contributed by atoms with Crippen LogP contribution < -0.4 is 5.73 Å². The molecule has 0 unspecified atom stereocenters. The van der Waals surface area contributed by atoms with E-state index < -0.39 is 0 Å². The van der Waals surface area contributed by atoms with Gasteiger partial charge in [-0.2, -0.15) is 0 Å². The highest BCUT2D eigenvalue weighted by atomic mass is 15.2. The first-order valence-electron chi connectivity index (χ1n) is 7.77. The lowest BCUT2D eigenvalue weighted by Crippen LogP contribution is -2.34. The first-order chi connectivity index (χ1) is 10.2. The summed E-state index contributed by atoms with van der Waals surface area (Å²) in [6.45, 7) is 5.35. The summed E-state index contributed by atoms with van der Waals surface area (Å²) in [6, 6.07) is 11.3. The number of aromatic nitrogens is 2. The highest BCUT2D eigenvalue weighted by molar-refractivity contribution is 5.14. The third-order valence-electron chi connectivity index (χ3n) is 4.36. The van der Waals surface area contributed by atoms with Crippen LogP contribution in [0.4, 0.5) is 0 Å². The van der Waals surface area contributed by atoms with Crippen LogP contribution in [0.15, 0.2) is 42.9 Å². The smallest absolute Gasteiger partial charge is 0.0951 e. The van der Waals surface area contributed by atoms with Crippen molar-refractivity contribution in [3.8, 4) is 0 Å². The molecular weight excluding hydrogens is 260 g/mol. The van der Waals surface area contributed by atoms with Gasteiger partial charge in [0.2, 0.25) is 0 Å². The van der Waals surface area contributed by atoms with Gasteiger partial charge >= 0.3 is 0 Å². The molecule has 0 aliphatic carbocycles. The Morgan fingerprint density at radius 1 is 1.24 bits per heavy atom. The second kappa shape index (κ2) is 6.41. The van der Waals surface area contributed by atoms with Gasteiger partial charge in [0.1, 0.15) is 0 Å². The van der Waals surface area contributed by atoms with Gasteiger partial charge in [0, 0.05) is 37.9 Å². The minimum Gasteiger partial charge on any atom is -0.330 e. The van der Waals surface area contributed by atoms with Gasteiger partial charge in [-0.1, -0.05) is 30.3 Å². The molecule has 1 aliphatic rings. The van der Waals surface area contributed by atoms with Gasteiger partial charge in [0.05, 0.1) is 12.0 Å². The molecule has 0 radical (unpaired) electrons. The Kier molecular flexibility index (Phi) is 4.36. The van der Waals surface area contributed by atoms with Gasteiger partial charge in [-0.15, -0.1) is 0 Å². The second-order valence-corrected chi connectivity index (χ2v) is 6.01. The lowest BCUT2D eigenvalue weighted by atomic mass is 10.0. The van der Waals surface area contributed by atoms with Crippen LogP contribution in [0.3, 0.4) is 0 Å². The summed E-state index contributed by atoms with van der Waals surface area (Å²) in [5.74, 6) is 0. The number of likely N-dealkylation sites (tertiary alicyclic amines) is 1. The van der Waals surface area contributed by atoms with Crippen LogP contribution in [0, 0.1) is 0 Å². The van der Waals surface area contributed by atoms with Crippen LogP contribution in [0.1, 0.15) is 43.1 Å². The predicted molar refractivity (Wildman–Crippen MR) is 84.8 cm³/mol. The van der Waals surface area contributed by atoms with E-state index in [0.29, 0.717) is 6.04 Å². The SMILES string of the molecule is C[C@H](N)c1cncn1C1CCN(Cc2ccccc2)CC1. The molecule has 1 fully saturated rings. The summed E-state index contributed by atoms with van der Waals surface area (Å²) in [6.07, 6.45) is 6.18. The van der Waals surface area contributed by atoms with Gasteiger partial charge in [-0.05, 0) is 25.3 Å². The molecular formula is C17H24N4. The molecule has 1 atom stereocenters. The van der Waals surface area contributed by atoms with E-state index in [9.17, 15) is 0 Å². The molecule has 21 heavy (non-hydrogen) atoms. The van der Waals surface area contributed by atoms with Crippen LogP contribution in [-0.2, 0) is 6.54 Å². The van der Waals surface area contributed by atoms with Gasteiger partial charge in [0.25, 0.3) is 0 Å². The molecule has 1 saturated heterocycles. The second-order valence-electron chi connectivity index (χ2n) is 6.01. The zero-order valence-electron chi connectivity index (χ0n) is 12.7. The molecule has 4 nitrogen and oxygen atoms in total. The lowest BCUT2D eigenvalue weighted by molar-refractivity contribution is 0.177. The Labute approximate surface area is 126 Å². The number of nitrogens with zero attached hydrogens (tertiary/aromatic N) is 3. The lowest BCUT2D eigenvalue weighted by Gasteiger charge is -2.33. The molecule has 112 valence electrons. The predicted octanol–water partition coefficient (Wildman–Crippen LogP) is 2.74. The Morgan fingerprint density at radius 3 is 2.62 bits per heavy atom. The van der Waals surface area contributed by atoms with Gasteiger partial charge in [-0.3, -0.25) is 4.90 Å². The molecule has 3 rings (SSSR count). The molecule has 2 heterocycles. The van der Waals surface area contributed by atoms with Crippen molar-refractivity contribution in [1.82, 2.24) is 14.5 Å². The fourth-order valence-electron chi connectivity index (χ4n) is 3.17. The van der Waals surface area contributed by atoms with Crippen molar-refractivity contribution in [2.24, 2.45) is 5.73 Å². The van der Waals surface area contributed by atoms with Gasteiger partial charge in [0.15, 0.2) is 0 Å². The van der Waals surface area contributed by atoms with Crippen molar-refractivity contribution >= 4 is 0 Å². The van der Waals surface area contributed by atoms with E-state index in [2.05, 4.69) is 44.8 Å². The number of hydrogen-bond donors (Lipinski definition) is 1. The first kappa shape index (κ1) is 14.3. The van der Waals surface area contributed by atoms with Gasteiger partial charge in [-0.25, -0.2) is 4.98 Å². The Morgan fingerprint density at radius 2 is 1.95 bits per heavy atom. The van der Waals surface area contributed by atoms with E-state index in [0.717, 1.165) is 25.3 Å². The fourth-order valence-corrected chi connectivity index (χ4v) is 3.17. The molecule has 0 saturated carbocycles. The van der Waals surface area contributed by atoms with Crippen LogP contribution in [-0.4, -0.2) is 27.5 Å². The molecule has 0 spiro atoms. The maximum Gasteiger partial charge on any atom is 0.0951 e. The summed E-state index contributed by atoms with van der Waals surface area (Å²) < 4.78 is 2.28. The summed E-state index contributed by atoms with van der Waals surface area (Å²) in [7, 11) is 0. The molecule has 1 aromatic carbocycles. The molecule has 1 aliphatic heterocycles. The van der Waals surface area contributed by atoms with Crippen LogP contribution in [0.25, 0.3) is 0 Å². The van der Waals surface area contributed by atoms with E-state index in [-0.39, 0.29) is 6.04 Å². The summed E-state index contributed by atoms with van der Waals surface area (Å²) in [5.41, 5.74) is 8.57. The molecule has 0 bridgehead atoms. The van der Waals surface area contributed by atoms with Crippen LogP contribution >= 0.6 is 0 Å². The van der Waals surface area contributed by atoms with Gasteiger partial charge < -0.3 is 10.3 Å². The Balaban J connectivity index is 1.59. The first-order valence-corrected chi connectivity index (χ1v) is 7.77. The number of hydrogen-bond acceptors (Lipinski definition) is 3. The third kappa shape index (κ3) is 3.34. The number of benzene rings is 1. The van der Waals surface area contributed by atoms with Crippen molar-refractivity contribution < 1.29 is 0 Å². The van der Waals surface area contributed by atoms with Crippen molar-refractivity contribution in [3.63, 3.8) is 0 Å². The quantitative estimate of drug-likeness (QED) is 0.939. The van der Waals surface area contributed by atoms with E-state index in [1.54, 1.807) is 0 Å². The van der Waals surface area contributed by atoms with Crippen molar-refractivity contribution in [1.29, 1.82) is 0 Å². The number of piperidine rings is 1. The fraction of sp³-hybridized carbons (Fsp3) is 0.471. The van der Waals surface area contributed by atoms with Crippen molar-refractivity contribution in [2.75, 3.05) is 13.1 Å². The molecule has 2 N–H and O–H groups in total. The maximum atomic E-state index is 6.02. The summed E-state index contributed by atoms with van der Waals surface area (Å²) >= 11 is 0. The normalized spacial score (nSPS) is 18.8. The summed E-state index contributed by atoms with van der Waals surface area (Å²) in [5, 5.41) is 0. The standard InChI is InChI=1S/C17H24N4/c1-14(18)17-11-19-13-21(17)16-7-9-20(10-8-16)12-15-5-3-2-4-6-15/h2-6,11,13-14,16H,7-10,12,18H2,1H3/t14-/m0/s1. The van der Waals surface area contributed by atoms with Crippen LogP contribution in [0.5, 0.6) is 0 Å². The highest BCUT2D eigenvalue weighted by Gasteiger charge is 2.22. The topological polar surface area (TPSA) is 47.1 Å². The third-order valence-corrected chi connectivity index (χ3v) is 4.36. The average Bonchev–Trinajstić information content (AvgIpc) is 2.99. The van der Waals surface area contributed by atoms with E-state index >= 15 is 0 Å². The summed E-state index contributed by atoms with van der Waals surface area (Å²) in [4.78, 5) is 6.81. The number of imidazole rings is 1. The number of nitrogens with two attached hydrogens (primary N) is 1. The molecule has 1 aromatic heterocycles. The zero-order valence-corrected chi connectivity index (χ0v) is 12.7. The zero-order chi connectivity index (χ0) is 14.7. The Hall–Kier alpha value is -1.65. The Bertz CT molecular complexity index is 553.